The first kappa shape index (κ1) is 23.4. The maximum atomic E-state index is 11.5. The van der Waals surface area contributed by atoms with Crippen LogP contribution in [0.2, 0.25) is 0 Å². The molecular weight excluding hydrogens is 398 g/mol. The largest absolute Gasteiger partial charge is 0.481 e. The number of hydrogen-bond acceptors (Lipinski definition) is 4. The van der Waals surface area contributed by atoms with Crippen molar-refractivity contribution in [2.45, 2.75) is 47.0 Å². The molecule has 1 fully saturated rings. The molecule has 2 N–H and O–H groups in total. The molecule has 1 aromatic heterocycles. The van der Waals surface area contributed by atoms with E-state index in [1.165, 1.54) is 0 Å². The number of aliphatic carboxylic acids is 1. The van der Waals surface area contributed by atoms with Gasteiger partial charge in [-0.2, -0.15) is 5.26 Å². The molecule has 3 atom stereocenters. The Kier molecular flexibility index (Phi) is 6.93. The van der Waals surface area contributed by atoms with Gasteiger partial charge in [0.25, 0.3) is 0 Å². The third-order valence-corrected chi connectivity index (χ3v) is 7.27. The molecule has 2 aromatic rings. The SMILES string of the molecule is C[C@@H]1CC/C(=C\c2ccc(-c3ccccc3C#N)cn2)C(=N)[C@H](C)C(C)(C)[C@@H]1CC(=O)O. The second kappa shape index (κ2) is 9.48. The lowest BCUT2D eigenvalue weighted by Crippen LogP contribution is -2.41. The summed E-state index contributed by atoms with van der Waals surface area (Å²) in [6.07, 6.45) is 5.47. The van der Waals surface area contributed by atoms with Crippen LogP contribution in [0.4, 0.5) is 0 Å². The molecule has 0 saturated heterocycles. The molecule has 1 aliphatic carbocycles. The fourth-order valence-corrected chi connectivity index (χ4v) is 4.89. The van der Waals surface area contributed by atoms with Gasteiger partial charge < -0.3 is 10.5 Å². The number of aromatic nitrogens is 1. The topological polar surface area (TPSA) is 97.8 Å². The van der Waals surface area contributed by atoms with Gasteiger partial charge in [-0.05, 0) is 53.9 Å². The van der Waals surface area contributed by atoms with Crippen LogP contribution in [0.5, 0.6) is 0 Å². The predicted octanol–water partition coefficient (Wildman–Crippen LogP) is 6.21. The smallest absolute Gasteiger partial charge is 0.303 e. The highest BCUT2D eigenvalue weighted by molar-refractivity contribution is 6.03. The minimum atomic E-state index is -0.771. The fraction of sp³-hybridized carbons (Fsp3) is 0.407. The Hall–Kier alpha value is -3.26. The average Bonchev–Trinajstić information content (AvgIpc) is 2.78. The van der Waals surface area contributed by atoms with Gasteiger partial charge in [-0.25, -0.2) is 0 Å². The number of nitriles is 1. The molecule has 0 unspecified atom stereocenters. The Labute approximate surface area is 190 Å². The van der Waals surface area contributed by atoms with E-state index >= 15 is 0 Å². The van der Waals surface area contributed by atoms with Crippen LogP contribution in [0.25, 0.3) is 17.2 Å². The van der Waals surface area contributed by atoms with E-state index in [0.717, 1.165) is 35.2 Å². The number of allylic oxidation sites excluding steroid dienone is 1. The Morgan fingerprint density at radius 1 is 1.28 bits per heavy atom. The molecular formula is C27H31N3O2. The van der Waals surface area contributed by atoms with Crippen LogP contribution in [-0.2, 0) is 4.79 Å². The third-order valence-electron chi connectivity index (χ3n) is 7.27. The number of carbonyl (C=O) groups is 1. The third kappa shape index (κ3) is 4.80. The zero-order valence-electron chi connectivity index (χ0n) is 19.2. The van der Waals surface area contributed by atoms with Gasteiger partial charge in [0.05, 0.1) is 17.3 Å². The number of nitrogens with one attached hydrogen (secondary N) is 1. The van der Waals surface area contributed by atoms with Crippen LogP contribution < -0.4 is 0 Å². The summed E-state index contributed by atoms with van der Waals surface area (Å²) in [6.45, 7) is 8.37. The molecule has 5 nitrogen and oxygen atoms in total. The van der Waals surface area contributed by atoms with Gasteiger partial charge in [0.15, 0.2) is 0 Å². The van der Waals surface area contributed by atoms with Crippen molar-refractivity contribution in [2.24, 2.45) is 23.2 Å². The van der Waals surface area contributed by atoms with Crippen LogP contribution in [-0.4, -0.2) is 21.8 Å². The summed E-state index contributed by atoms with van der Waals surface area (Å²) in [5, 5.41) is 27.7. The summed E-state index contributed by atoms with van der Waals surface area (Å²) in [4.78, 5) is 16.1. The minimum Gasteiger partial charge on any atom is -0.481 e. The van der Waals surface area contributed by atoms with E-state index in [9.17, 15) is 15.2 Å². The van der Waals surface area contributed by atoms with Crippen molar-refractivity contribution in [2.75, 3.05) is 0 Å². The number of carboxylic acid groups (broad SMARTS) is 1. The number of rotatable bonds is 4. The summed E-state index contributed by atoms with van der Waals surface area (Å²) in [5.74, 6) is -0.567. The summed E-state index contributed by atoms with van der Waals surface area (Å²) in [7, 11) is 0. The molecule has 32 heavy (non-hydrogen) atoms. The van der Waals surface area contributed by atoms with Crippen LogP contribution in [0.3, 0.4) is 0 Å². The van der Waals surface area contributed by atoms with Gasteiger partial charge >= 0.3 is 5.97 Å². The number of hydrogen-bond donors (Lipinski definition) is 2. The lowest BCUT2D eigenvalue weighted by atomic mass is 9.60. The molecule has 1 aromatic carbocycles. The summed E-state index contributed by atoms with van der Waals surface area (Å²) in [6, 6.07) is 13.6. The normalized spacial score (nSPS) is 24.4. The van der Waals surface area contributed by atoms with Gasteiger partial charge in [0.1, 0.15) is 0 Å². The molecule has 0 aliphatic heterocycles. The zero-order valence-corrected chi connectivity index (χ0v) is 19.2. The van der Waals surface area contributed by atoms with Crippen LogP contribution in [0.1, 0.15) is 58.2 Å². The van der Waals surface area contributed by atoms with Crippen molar-refractivity contribution in [1.82, 2.24) is 4.98 Å². The Bertz CT molecular complexity index is 1080. The number of benzene rings is 1. The van der Waals surface area contributed by atoms with Gasteiger partial charge in [-0.1, -0.05) is 52.0 Å². The van der Waals surface area contributed by atoms with E-state index in [0.29, 0.717) is 11.3 Å². The molecule has 5 heteroatoms. The lowest BCUT2D eigenvalue weighted by molar-refractivity contribution is -0.140. The highest BCUT2D eigenvalue weighted by atomic mass is 16.4. The van der Waals surface area contributed by atoms with E-state index in [1.54, 1.807) is 12.3 Å². The molecule has 0 amide bonds. The molecule has 166 valence electrons. The first-order valence-corrected chi connectivity index (χ1v) is 11.1. The molecule has 0 radical (unpaired) electrons. The summed E-state index contributed by atoms with van der Waals surface area (Å²) in [5.41, 5.74) is 4.37. The number of nitrogens with zero attached hydrogens (tertiary/aromatic N) is 2. The maximum Gasteiger partial charge on any atom is 0.303 e. The highest BCUT2D eigenvalue weighted by Gasteiger charge is 2.42. The first-order valence-electron chi connectivity index (χ1n) is 11.1. The van der Waals surface area contributed by atoms with Gasteiger partial charge in [-0.3, -0.25) is 9.78 Å². The molecule has 3 rings (SSSR count). The molecule has 0 spiro atoms. The number of carboxylic acids is 1. The van der Waals surface area contributed by atoms with Crippen molar-refractivity contribution < 1.29 is 9.90 Å². The van der Waals surface area contributed by atoms with Crippen molar-refractivity contribution >= 4 is 17.8 Å². The minimum absolute atomic E-state index is 0.0227. The second-order valence-electron chi connectivity index (χ2n) is 9.48. The second-order valence-corrected chi connectivity index (χ2v) is 9.48. The molecule has 1 saturated carbocycles. The molecule has 0 bridgehead atoms. The van der Waals surface area contributed by atoms with E-state index in [1.807, 2.05) is 43.3 Å². The van der Waals surface area contributed by atoms with E-state index in [4.69, 9.17) is 5.41 Å². The maximum absolute atomic E-state index is 11.5. The van der Waals surface area contributed by atoms with Crippen LogP contribution >= 0.6 is 0 Å². The Morgan fingerprint density at radius 2 is 2.00 bits per heavy atom. The van der Waals surface area contributed by atoms with E-state index in [-0.39, 0.29) is 29.6 Å². The molecule has 1 aliphatic rings. The predicted molar refractivity (Wildman–Crippen MR) is 127 cm³/mol. The summed E-state index contributed by atoms with van der Waals surface area (Å²) < 4.78 is 0. The summed E-state index contributed by atoms with van der Waals surface area (Å²) >= 11 is 0. The monoisotopic (exact) mass is 429 g/mol. The van der Waals surface area contributed by atoms with E-state index < -0.39 is 5.97 Å². The van der Waals surface area contributed by atoms with Crippen molar-refractivity contribution in [3.05, 3.63) is 59.4 Å². The Morgan fingerprint density at radius 3 is 2.62 bits per heavy atom. The van der Waals surface area contributed by atoms with Crippen molar-refractivity contribution in [1.29, 1.82) is 10.7 Å². The number of pyridine rings is 1. The van der Waals surface area contributed by atoms with Crippen LogP contribution in [0.15, 0.2) is 48.2 Å². The van der Waals surface area contributed by atoms with Crippen molar-refractivity contribution in [3.8, 4) is 17.2 Å². The first-order chi connectivity index (χ1) is 15.1. The van der Waals surface area contributed by atoms with E-state index in [2.05, 4.69) is 31.8 Å². The molecule has 1 heterocycles. The van der Waals surface area contributed by atoms with Gasteiger partial charge in [0, 0.05) is 35.4 Å². The quantitative estimate of drug-likeness (QED) is 0.604. The standard InChI is InChI=1S/C27H31N3O2/c1-17-9-10-19(26(29)18(2)27(3,4)24(17)14-25(31)32)13-22-12-11-21(16-30-22)23-8-6-5-7-20(23)15-28/h5-8,11-13,16-18,24,29H,9-10,14H2,1-4H3,(H,31,32)/b19-13+,29-26?/t17-,18+,24-/m1/s1. The zero-order chi connectivity index (χ0) is 23.5. The lowest BCUT2D eigenvalue weighted by Gasteiger charge is -2.44. The fourth-order valence-electron chi connectivity index (χ4n) is 4.89. The van der Waals surface area contributed by atoms with Crippen LogP contribution in [0, 0.1) is 39.9 Å². The van der Waals surface area contributed by atoms with Gasteiger partial charge in [-0.15, -0.1) is 0 Å². The highest BCUT2D eigenvalue weighted by Crippen LogP contribution is 2.46. The average molecular weight is 430 g/mol. The Balaban J connectivity index is 1.89. The van der Waals surface area contributed by atoms with Gasteiger partial charge in [0.2, 0.25) is 0 Å². The van der Waals surface area contributed by atoms with Crippen molar-refractivity contribution in [3.63, 3.8) is 0 Å².